The maximum atomic E-state index is 13.4. The molecule has 1 saturated heterocycles. The first-order valence-corrected chi connectivity index (χ1v) is 12.3. The number of hydrogen-bond acceptors (Lipinski definition) is 7. The summed E-state index contributed by atoms with van der Waals surface area (Å²) in [5.74, 6) is 0.166. The summed E-state index contributed by atoms with van der Waals surface area (Å²) in [5.41, 5.74) is 1.49. The molecule has 1 fully saturated rings. The van der Waals surface area contributed by atoms with E-state index in [2.05, 4.69) is 10.1 Å². The van der Waals surface area contributed by atoms with Gasteiger partial charge in [-0.2, -0.15) is 14.1 Å². The van der Waals surface area contributed by atoms with Gasteiger partial charge in [-0.3, -0.25) is 9.78 Å². The third-order valence-corrected chi connectivity index (χ3v) is 7.82. The second kappa shape index (κ2) is 9.72. The van der Waals surface area contributed by atoms with Gasteiger partial charge in [0.25, 0.3) is 0 Å². The van der Waals surface area contributed by atoms with Crippen molar-refractivity contribution < 1.29 is 13.2 Å². The zero-order chi connectivity index (χ0) is 23.4. The van der Waals surface area contributed by atoms with Crippen molar-refractivity contribution in [2.24, 2.45) is 0 Å². The Kier molecular flexibility index (Phi) is 6.75. The lowest BCUT2D eigenvalue weighted by Crippen LogP contribution is -2.50. The third kappa shape index (κ3) is 4.91. The number of aromatic nitrogens is 3. The monoisotopic (exact) mass is 469 g/mol. The Morgan fingerprint density at radius 3 is 2.33 bits per heavy atom. The highest BCUT2D eigenvalue weighted by Gasteiger charge is 2.31. The standard InChI is InChI=1S/C23H27N5O4S/c1-18(2)33(30,31)27-14-12-26(13-15-27)21-16-25-28(20-9-4-3-5-10-20)23(29)22(21)32-17-19-8-6-7-11-24-19/h3-11,16,18H,12-15,17H2,1-2H3. The first-order valence-electron chi connectivity index (χ1n) is 10.8. The van der Waals surface area contributed by atoms with E-state index < -0.39 is 15.3 Å². The first kappa shape index (κ1) is 22.9. The number of ether oxygens (including phenoxy) is 1. The quantitative estimate of drug-likeness (QED) is 0.522. The van der Waals surface area contributed by atoms with Crippen molar-refractivity contribution in [1.82, 2.24) is 19.1 Å². The number of para-hydroxylation sites is 1. The highest BCUT2D eigenvalue weighted by molar-refractivity contribution is 7.89. The van der Waals surface area contributed by atoms with Crippen LogP contribution in [0.25, 0.3) is 5.69 Å². The summed E-state index contributed by atoms with van der Waals surface area (Å²) in [7, 11) is -3.33. The summed E-state index contributed by atoms with van der Waals surface area (Å²) in [6.45, 7) is 5.02. The average molecular weight is 470 g/mol. The van der Waals surface area contributed by atoms with Gasteiger partial charge in [0, 0.05) is 32.4 Å². The van der Waals surface area contributed by atoms with Crippen molar-refractivity contribution in [3.63, 3.8) is 0 Å². The molecule has 33 heavy (non-hydrogen) atoms. The van der Waals surface area contributed by atoms with Crippen LogP contribution in [-0.2, 0) is 16.6 Å². The fraction of sp³-hybridized carbons (Fsp3) is 0.348. The van der Waals surface area contributed by atoms with Crippen molar-refractivity contribution in [3.05, 3.63) is 77.0 Å². The molecule has 2 aromatic heterocycles. The molecule has 1 aliphatic rings. The van der Waals surface area contributed by atoms with Gasteiger partial charge in [-0.25, -0.2) is 8.42 Å². The zero-order valence-electron chi connectivity index (χ0n) is 18.7. The van der Waals surface area contributed by atoms with Gasteiger partial charge in [-0.15, -0.1) is 0 Å². The molecule has 3 aromatic rings. The molecule has 0 N–H and O–H groups in total. The van der Waals surface area contributed by atoms with E-state index in [1.807, 2.05) is 41.3 Å². The van der Waals surface area contributed by atoms with Crippen LogP contribution in [0.5, 0.6) is 5.75 Å². The summed E-state index contributed by atoms with van der Waals surface area (Å²) < 4.78 is 33.8. The minimum atomic E-state index is -3.33. The Morgan fingerprint density at radius 1 is 1.00 bits per heavy atom. The van der Waals surface area contributed by atoms with Gasteiger partial charge >= 0.3 is 5.56 Å². The van der Waals surface area contributed by atoms with Crippen LogP contribution in [0.1, 0.15) is 19.5 Å². The molecular weight excluding hydrogens is 442 g/mol. The topological polar surface area (TPSA) is 97.6 Å². The van der Waals surface area contributed by atoms with Gasteiger partial charge < -0.3 is 9.64 Å². The van der Waals surface area contributed by atoms with Crippen molar-refractivity contribution in [2.75, 3.05) is 31.1 Å². The van der Waals surface area contributed by atoms with Gasteiger partial charge in [0.1, 0.15) is 12.3 Å². The van der Waals surface area contributed by atoms with Gasteiger partial charge in [0.05, 0.1) is 22.8 Å². The fourth-order valence-electron chi connectivity index (χ4n) is 3.65. The van der Waals surface area contributed by atoms with Crippen LogP contribution in [0.3, 0.4) is 0 Å². The van der Waals surface area contributed by atoms with Crippen molar-refractivity contribution in [1.29, 1.82) is 0 Å². The fourth-order valence-corrected chi connectivity index (χ4v) is 4.92. The molecule has 0 atom stereocenters. The smallest absolute Gasteiger partial charge is 0.316 e. The third-order valence-electron chi connectivity index (χ3n) is 5.54. The second-order valence-electron chi connectivity index (χ2n) is 8.00. The van der Waals surface area contributed by atoms with E-state index in [-0.39, 0.29) is 17.9 Å². The van der Waals surface area contributed by atoms with Crippen molar-refractivity contribution in [2.45, 2.75) is 25.7 Å². The lowest BCUT2D eigenvalue weighted by atomic mass is 10.3. The molecule has 174 valence electrons. The van der Waals surface area contributed by atoms with Gasteiger partial charge in [0.2, 0.25) is 15.8 Å². The van der Waals surface area contributed by atoms with Crippen LogP contribution < -0.4 is 15.2 Å². The van der Waals surface area contributed by atoms with Crippen LogP contribution in [0, 0.1) is 0 Å². The Morgan fingerprint density at radius 2 is 1.70 bits per heavy atom. The molecule has 3 heterocycles. The molecule has 0 spiro atoms. The number of anilines is 1. The summed E-state index contributed by atoms with van der Waals surface area (Å²) >= 11 is 0. The molecule has 0 unspecified atom stereocenters. The van der Waals surface area contributed by atoms with E-state index in [0.717, 1.165) is 0 Å². The van der Waals surface area contributed by atoms with Crippen LogP contribution in [-0.4, -0.2) is 58.9 Å². The molecule has 0 bridgehead atoms. The van der Waals surface area contributed by atoms with Gasteiger partial charge in [0.15, 0.2) is 0 Å². The molecule has 0 radical (unpaired) electrons. The molecular formula is C23H27N5O4S. The molecule has 9 nitrogen and oxygen atoms in total. The minimum Gasteiger partial charge on any atom is -0.480 e. The zero-order valence-corrected chi connectivity index (χ0v) is 19.5. The van der Waals surface area contributed by atoms with Crippen molar-refractivity contribution in [3.8, 4) is 11.4 Å². The van der Waals surface area contributed by atoms with E-state index in [9.17, 15) is 13.2 Å². The van der Waals surface area contributed by atoms with E-state index >= 15 is 0 Å². The predicted molar refractivity (Wildman–Crippen MR) is 126 cm³/mol. The number of nitrogens with zero attached hydrogens (tertiary/aromatic N) is 5. The lowest BCUT2D eigenvalue weighted by molar-refractivity contribution is 0.293. The number of hydrogen-bond donors (Lipinski definition) is 0. The van der Waals surface area contributed by atoms with Gasteiger partial charge in [-0.05, 0) is 38.1 Å². The molecule has 0 aliphatic carbocycles. The molecule has 4 rings (SSSR count). The number of rotatable bonds is 7. The van der Waals surface area contributed by atoms with Gasteiger partial charge in [-0.1, -0.05) is 24.3 Å². The normalized spacial score (nSPS) is 15.1. The molecule has 1 aromatic carbocycles. The largest absolute Gasteiger partial charge is 0.480 e. The molecule has 0 saturated carbocycles. The minimum absolute atomic E-state index is 0.129. The summed E-state index contributed by atoms with van der Waals surface area (Å²) in [6.07, 6.45) is 3.28. The van der Waals surface area contributed by atoms with Crippen LogP contribution in [0.2, 0.25) is 0 Å². The maximum Gasteiger partial charge on any atom is 0.316 e. The van der Waals surface area contributed by atoms with Crippen LogP contribution >= 0.6 is 0 Å². The Bertz CT molecular complexity index is 1240. The highest BCUT2D eigenvalue weighted by atomic mass is 32.2. The SMILES string of the molecule is CC(C)S(=O)(=O)N1CCN(c2cnn(-c3ccccc3)c(=O)c2OCc2ccccn2)CC1. The lowest BCUT2D eigenvalue weighted by Gasteiger charge is -2.36. The summed E-state index contributed by atoms with van der Waals surface area (Å²) in [4.78, 5) is 19.6. The second-order valence-corrected chi connectivity index (χ2v) is 10.5. The number of sulfonamides is 1. The van der Waals surface area contributed by atoms with Crippen molar-refractivity contribution >= 4 is 15.7 Å². The average Bonchev–Trinajstić information content (AvgIpc) is 2.84. The number of piperazine rings is 1. The first-order chi connectivity index (χ1) is 15.9. The van der Waals surface area contributed by atoms with E-state index in [1.54, 1.807) is 38.4 Å². The van der Waals surface area contributed by atoms with E-state index in [4.69, 9.17) is 4.74 Å². The Balaban J connectivity index is 1.64. The molecule has 10 heteroatoms. The van der Waals surface area contributed by atoms with Crippen LogP contribution in [0.4, 0.5) is 5.69 Å². The van der Waals surface area contributed by atoms with E-state index in [1.165, 1.54) is 8.99 Å². The number of benzene rings is 1. The number of pyridine rings is 1. The molecule has 0 amide bonds. The Hall–Kier alpha value is -3.24. The summed E-state index contributed by atoms with van der Waals surface area (Å²) in [5, 5.41) is 3.90. The Labute approximate surface area is 193 Å². The predicted octanol–water partition coefficient (Wildman–Crippen LogP) is 2.07. The molecule has 1 aliphatic heterocycles. The highest BCUT2D eigenvalue weighted by Crippen LogP contribution is 2.27. The maximum absolute atomic E-state index is 13.4. The van der Waals surface area contributed by atoms with E-state index in [0.29, 0.717) is 43.2 Å². The summed E-state index contributed by atoms with van der Waals surface area (Å²) in [6, 6.07) is 14.6. The van der Waals surface area contributed by atoms with Crippen LogP contribution in [0.15, 0.2) is 65.7 Å².